The van der Waals surface area contributed by atoms with E-state index < -0.39 is 24.0 Å². The number of rotatable bonds is 5. The van der Waals surface area contributed by atoms with Gasteiger partial charge in [-0.15, -0.1) is 0 Å². The fourth-order valence-corrected chi connectivity index (χ4v) is 3.78. The number of ether oxygens (including phenoxy) is 1. The summed E-state index contributed by atoms with van der Waals surface area (Å²) in [5.74, 6) is -2.42. The summed E-state index contributed by atoms with van der Waals surface area (Å²) >= 11 is 0. The third-order valence-corrected chi connectivity index (χ3v) is 5.38. The molecule has 1 aromatic carbocycles. The first kappa shape index (κ1) is 19.3. The first-order valence-electron chi connectivity index (χ1n) is 9.64. The summed E-state index contributed by atoms with van der Waals surface area (Å²) in [6.45, 7) is 5.65. The first-order valence-corrected chi connectivity index (χ1v) is 9.64. The minimum absolute atomic E-state index is 0.0498. The Morgan fingerprint density at radius 1 is 1.14 bits per heavy atom. The van der Waals surface area contributed by atoms with Gasteiger partial charge in [0.05, 0.1) is 5.56 Å². The van der Waals surface area contributed by atoms with Crippen molar-refractivity contribution >= 4 is 23.3 Å². The van der Waals surface area contributed by atoms with Crippen LogP contribution >= 0.6 is 0 Å². The Hall–Kier alpha value is -3.06. The van der Waals surface area contributed by atoms with Gasteiger partial charge in [0.1, 0.15) is 12.5 Å². The molecule has 1 unspecified atom stereocenters. The van der Waals surface area contributed by atoms with Crippen LogP contribution in [-0.2, 0) is 9.53 Å². The Labute approximate surface area is 167 Å². The number of esters is 1. The van der Waals surface area contributed by atoms with Crippen molar-refractivity contribution in [1.29, 1.82) is 0 Å². The molecular weight excluding hydrogens is 374 g/mol. The molecule has 1 aliphatic heterocycles. The number of fused-ring (bicyclic) bond motifs is 2. The van der Waals surface area contributed by atoms with Crippen molar-refractivity contribution in [1.82, 2.24) is 4.90 Å². The number of hydrogen-bond acceptors (Lipinski definition) is 7. The normalized spacial score (nSPS) is 18.7. The van der Waals surface area contributed by atoms with E-state index in [0.717, 1.165) is 13.0 Å². The van der Waals surface area contributed by atoms with Crippen molar-refractivity contribution in [2.24, 2.45) is 0 Å². The summed E-state index contributed by atoms with van der Waals surface area (Å²) in [5.41, 5.74) is 0.572. The first-order chi connectivity index (χ1) is 13.8. The zero-order valence-corrected chi connectivity index (χ0v) is 16.3. The van der Waals surface area contributed by atoms with Gasteiger partial charge < -0.3 is 9.15 Å². The van der Waals surface area contributed by atoms with Crippen LogP contribution in [0.1, 0.15) is 69.3 Å². The maximum Gasteiger partial charge on any atom is 0.314 e. The predicted octanol–water partition coefficient (Wildman–Crippen LogP) is 2.65. The molecule has 1 atom stereocenters. The standard InChI is InChI=1S/C22H21NO6/c1-12(2)23-8-7-13(11-23)28-19(25)10-17(24)18-9-16-20(26)14-5-3-4-6-15(14)21(27)22(16)29-18/h3-6,9,12-13H,7-8,10-11H2,1-2H3. The van der Waals surface area contributed by atoms with Crippen molar-refractivity contribution in [3.05, 3.63) is 58.5 Å². The second-order valence-corrected chi connectivity index (χ2v) is 7.65. The Morgan fingerprint density at radius 3 is 2.48 bits per heavy atom. The lowest BCUT2D eigenvalue weighted by Crippen LogP contribution is -2.30. The van der Waals surface area contributed by atoms with Crippen molar-refractivity contribution in [3.63, 3.8) is 0 Å². The number of carbonyl (C=O) groups is 4. The minimum atomic E-state index is -0.638. The highest BCUT2D eigenvalue weighted by atomic mass is 16.5. The molecule has 4 rings (SSSR count). The lowest BCUT2D eigenvalue weighted by atomic mass is 9.88. The molecule has 1 aliphatic carbocycles. The molecule has 0 saturated carbocycles. The number of Topliss-reactive ketones (excluding diaryl/α,β-unsaturated/α-hetero) is 1. The van der Waals surface area contributed by atoms with E-state index in [1.807, 2.05) is 0 Å². The van der Waals surface area contributed by atoms with Gasteiger partial charge in [0.25, 0.3) is 0 Å². The van der Waals surface area contributed by atoms with Gasteiger partial charge >= 0.3 is 5.97 Å². The fraction of sp³-hybridized carbons (Fsp3) is 0.364. The Kier molecular flexibility index (Phi) is 4.92. The van der Waals surface area contributed by atoms with Gasteiger partial charge in [-0.3, -0.25) is 24.1 Å². The summed E-state index contributed by atoms with van der Waals surface area (Å²) in [6, 6.07) is 8.05. The van der Waals surface area contributed by atoms with E-state index in [-0.39, 0.29) is 40.1 Å². The SMILES string of the molecule is CC(C)N1CCC(OC(=O)CC(=O)c2cc3c(o2)C(=O)c2ccccc2C3=O)C1. The number of benzene rings is 1. The number of hydrogen-bond donors (Lipinski definition) is 0. The zero-order valence-electron chi connectivity index (χ0n) is 16.3. The highest BCUT2D eigenvalue weighted by Gasteiger charge is 2.35. The maximum absolute atomic E-state index is 12.6. The third-order valence-electron chi connectivity index (χ3n) is 5.38. The molecule has 0 N–H and O–H groups in total. The molecule has 29 heavy (non-hydrogen) atoms. The van der Waals surface area contributed by atoms with Crippen molar-refractivity contribution < 1.29 is 28.3 Å². The molecule has 0 radical (unpaired) electrons. The molecule has 7 heteroatoms. The summed E-state index contributed by atoms with van der Waals surface area (Å²) in [7, 11) is 0. The van der Waals surface area contributed by atoms with E-state index in [0.29, 0.717) is 12.6 Å². The summed E-state index contributed by atoms with van der Waals surface area (Å²) in [5, 5.41) is 0. The van der Waals surface area contributed by atoms with Crippen LogP contribution in [0, 0.1) is 0 Å². The highest BCUT2D eigenvalue weighted by Crippen LogP contribution is 2.30. The fourth-order valence-electron chi connectivity index (χ4n) is 3.78. The molecule has 2 heterocycles. The molecule has 0 bridgehead atoms. The van der Waals surface area contributed by atoms with E-state index in [1.165, 1.54) is 6.07 Å². The van der Waals surface area contributed by atoms with E-state index in [2.05, 4.69) is 18.7 Å². The second kappa shape index (κ2) is 7.40. The van der Waals surface area contributed by atoms with Crippen LogP contribution < -0.4 is 0 Å². The molecular formula is C22H21NO6. The number of nitrogens with zero attached hydrogens (tertiary/aromatic N) is 1. The van der Waals surface area contributed by atoms with E-state index in [1.54, 1.807) is 24.3 Å². The van der Waals surface area contributed by atoms with Crippen LogP contribution in [-0.4, -0.2) is 53.5 Å². The highest BCUT2D eigenvalue weighted by molar-refractivity contribution is 6.28. The average Bonchev–Trinajstić information content (AvgIpc) is 3.33. The molecule has 1 saturated heterocycles. The largest absolute Gasteiger partial charge is 0.461 e. The maximum atomic E-state index is 12.6. The van der Waals surface area contributed by atoms with E-state index in [4.69, 9.17) is 9.15 Å². The summed E-state index contributed by atoms with van der Waals surface area (Å²) in [4.78, 5) is 52.0. The zero-order chi connectivity index (χ0) is 20.7. The summed E-state index contributed by atoms with van der Waals surface area (Å²) < 4.78 is 10.8. The number of furan rings is 1. The van der Waals surface area contributed by atoms with Crippen LogP contribution in [0.25, 0.3) is 0 Å². The van der Waals surface area contributed by atoms with Crippen LogP contribution in [0.15, 0.2) is 34.7 Å². The van der Waals surface area contributed by atoms with Gasteiger partial charge in [0, 0.05) is 30.3 Å². The molecule has 2 aromatic rings. The smallest absolute Gasteiger partial charge is 0.314 e. The molecule has 150 valence electrons. The second-order valence-electron chi connectivity index (χ2n) is 7.65. The van der Waals surface area contributed by atoms with Crippen LogP contribution in [0.3, 0.4) is 0 Å². The molecule has 1 aromatic heterocycles. The van der Waals surface area contributed by atoms with Gasteiger partial charge in [-0.2, -0.15) is 0 Å². The molecule has 0 amide bonds. The minimum Gasteiger partial charge on any atom is -0.461 e. The van der Waals surface area contributed by atoms with Gasteiger partial charge in [-0.1, -0.05) is 24.3 Å². The number of likely N-dealkylation sites (tertiary alicyclic amines) is 1. The van der Waals surface area contributed by atoms with Crippen molar-refractivity contribution in [3.8, 4) is 0 Å². The van der Waals surface area contributed by atoms with Crippen molar-refractivity contribution in [2.45, 2.75) is 38.8 Å². The summed E-state index contributed by atoms with van der Waals surface area (Å²) in [6.07, 6.45) is -0.00548. The quantitative estimate of drug-likeness (QED) is 0.372. The lowest BCUT2D eigenvalue weighted by molar-refractivity contribution is -0.147. The van der Waals surface area contributed by atoms with E-state index in [9.17, 15) is 19.2 Å². The molecule has 2 aliphatic rings. The topological polar surface area (TPSA) is 93.9 Å². The molecule has 7 nitrogen and oxygen atoms in total. The Bertz CT molecular complexity index is 966. The lowest BCUT2D eigenvalue weighted by Gasteiger charge is -2.19. The van der Waals surface area contributed by atoms with Crippen LogP contribution in [0.2, 0.25) is 0 Å². The predicted molar refractivity (Wildman–Crippen MR) is 102 cm³/mol. The van der Waals surface area contributed by atoms with Gasteiger partial charge in [-0.25, -0.2) is 0 Å². The Balaban J connectivity index is 1.45. The molecule has 1 fully saturated rings. The van der Waals surface area contributed by atoms with Crippen LogP contribution in [0.4, 0.5) is 0 Å². The van der Waals surface area contributed by atoms with Gasteiger partial charge in [-0.05, 0) is 26.3 Å². The number of carbonyl (C=O) groups excluding carboxylic acids is 4. The monoisotopic (exact) mass is 395 g/mol. The molecule has 0 spiro atoms. The Morgan fingerprint density at radius 2 is 1.83 bits per heavy atom. The van der Waals surface area contributed by atoms with Crippen LogP contribution in [0.5, 0.6) is 0 Å². The average molecular weight is 395 g/mol. The van der Waals surface area contributed by atoms with Crippen molar-refractivity contribution in [2.75, 3.05) is 13.1 Å². The van der Waals surface area contributed by atoms with E-state index >= 15 is 0 Å². The number of ketones is 3. The van der Waals surface area contributed by atoms with Gasteiger partial charge in [0.2, 0.25) is 11.6 Å². The van der Waals surface area contributed by atoms with Gasteiger partial charge in [0.15, 0.2) is 17.3 Å². The third kappa shape index (κ3) is 3.53.